The number of carbonyl (C=O) groups is 1. The van der Waals surface area contributed by atoms with Gasteiger partial charge in [0.05, 0.1) is 5.56 Å². The van der Waals surface area contributed by atoms with E-state index in [1.54, 1.807) is 18.3 Å². The average Bonchev–Trinajstić information content (AvgIpc) is 3.07. The van der Waals surface area contributed by atoms with Crippen LogP contribution in [0.2, 0.25) is 0 Å². The van der Waals surface area contributed by atoms with Gasteiger partial charge in [-0.05, 0) is 12.1 Å². The van der Waals surface area contributed by atoms with Gasteiger partial charge in [-0.15, -0.1) is 8.78 Å². The fourth-order valence-electron chi connectivity index (χ4n) is 2.30. The van der Waals surface area contributed by atoms with Crippen molar-refractivity contribution in [3.8, 4) is 11.5 Å². The van der Waals surface area contributed by atoms with Crippen LogP contribution in [0.5, 0.6) is 11.5 Å². The van der Waals surface area contributed by atoms with Crippen LogP contribution in [0.3, 0.4) is 0 Å². The molecule has 0 aliphatic carbocycles. The first-order valence-electron chi connectivity index (χ1n) is 6.71. The highest BCUT2D eigenvalue weighted by molar-refractivity contribution is 6.08. The van der Waals surface area contributed by atoms with E-state index in [9.17, 15) is 13.6 Å². The van der Waals surface area contributed by atoms with Crippen molar-refractivity contribution in [2.75, 3.05) is 11.1 Å². The zero-order valence-corrected chi connectivity index (χ0v) is 11.9. The molecule has 0 saturated heterocycles. The lowest BCUT2D eigenvalue weighted by atomic mass is 10.1. The third-order valence-corrected chi connectivity index (χ3v) is 3.36. The zero-order valence-electron chi connectivity index (χ0n) is 11.9. The Bertz CT molecular complexity index is 972. The number of hydrogen-bond donors (Lipinski definition) is 2. The molecule has 2 aromatic heterocycles. The van der Waals surface area contributed by atoms with Gasteiger partial charge < -0.3 is 20.5 Å². The summed E-state index contributed by atoms with van der Waals surface area (Å²) in [6.45, 7) is 0. The summed E-state index contributed by atoms with van der Waals surface area (Å²) in [7, 11) is 0. The minimum absolute atomic E-state index is 0.0172. The standard InChI is InChI=1S/C14H9F2N5O3/c15-14(16)23-10-4-8(9(17)5-11(10)24-14)13(22)20-7-1-2-21-12(3-7)18-6-19-21/h1-6H,17H2,(H,20,22). The number of benzene rings is 1. The van der Waals surface area contributed by atoms with Crippen LogP contribution in [-0.2, 0) is 0 Å². The quantitative estimate of drug-likeness (QED) is 0.694. The van der Waals surface area contributed by atoms with E-state index in [2.05, 4.69) is 24.9 Å². The molecule has 4 rings (SSSR count). The number of ether oxygens (including phenoxy) is 2. The zero-order chi connectivity index (χ0) is 16.9. The summed E-state index contributed by atoms with van der Waals surface area (Å²) in [5.74, 6) is -1.07. The van der Waals surface area contributed by atoms with E-state index in [4.69, 9.17) is 5.73 Å². The van der Waals surface area contributed by atoms with E-state index in [-0.39, 0.29) is 22.7 Å². The Balaban J connectivity index is 1.63. The van der Waals surface area contributed by atoms with Crippen molar-refractivity contribution >= 4 is 22.9 Å². The Kier molecular flexibility index (Phi) is 2.82. The largest absolute Gasteiger partial charge is 0.586 e. The van der Waals surface area contributed by atoms with Crippen molar-refractivity contribution in [2.45, 2.75) is 6.29 Å². The maximum absolute atomic E-state index is 13.1. The monoisotopic (exact) mass is 333 g/mol. The van der Waals surface area contributed by atoms with Gasteiger partial charge in [0.2, 0.25) is 0 Å². The number of nitrogens with one attached hydrogen (secondary N) is 1. The summed E-state index contributed by atoms with van der Waals surface area (Å²) in [5, 5.41) is 6.54. The number of alkyl halides is 2. The number of anilines is 2. The highest BCUT2D eigenvalue weighted by Gasteiger charge is 2.44. The van der Waals surface area contributed by atoms with Gasteiger partial charge in [-0.1, -0.05) is 0 Å². The topological polar surface area (TPSA) is 104 Å². The van der Waals surface area contributed by atoms with Crippen LogP contribution in [-0.4, -0.2) is 26.8 Å². The Morgan fingerprint density at radius 2 is 2.00 bits per heavy atom. The van der Waals surface area contributed by atoms with Crippen molar-refractivity contribution in [1.29, 1.82) is 0 Å². The minimum Gasteiger partial charge on any atom is -0.398 e. The van der Waals surface area contributed by atoms with Gasteiger partial charge in [0, 0.05) is 29.7 Å². The molecule has 3 heterocycles. The number of aromatic nitrogens is 3. The summed E-state index contributed by atoms with van der Waals surface area (Å²) in [6.07, 6.45) is -0.791. The number of nitrogen functional groups attached to an aromatic ring is 1. The lowest BCUT2D eigenvalue weighted by Crippen LogP contribution is -2.25. The number of carbonyl (C=O) groups excluding carboxylic acids is 1. The molecule has 1 aliphatic heterocycles. The molecule has 122 valence electrons. The summed E-state index contributed by atoms with van der Waals surface area (Å²) >= 11 is 0. The van der Waals surface area contributed by atoms with Crippen molar-refractivity contribution in [2.24, 2.45) is 0 Å². The summed E-state index contributed by atoms with van der Waals surface area (Å²) in [4.78, 5) is 16.3. The van der Waals surface area contributed by atoms with Crippen molar-refractivity contribution in [1.82, 2.24) is 14.6 Å². The van der Waals surface area contributed by atoms with Gasteiger partial charge in [0.25, 0.3) is 5.91 Å². The molecule has 10 heteroatoms. The van der Waals surface area contributed by atoms with Gasteiger partial charge in [-0.3, -0.25) is 4.79 Å². The van der Waals surface area contributed by atoms with Crippen molar-refractivity contribution in [3.63, 3.8) is 0 Å². The van der Waals surface area contributed by atoms with Gasteiger partial charge in [0.15, 0.2) is 17.1 Å². The first-order chi connectivity index (χ1) is 11.4. The molecule has 1 amide bonds. The molecule has 0 atom stereocenters. The maximum Gasteiger partial charge on any atom is 0.586 e. The third-order valence-electron chi connectivity index (χ3n) is 3.36. The van der Waals surface area contributed by atoms with E-state index in [0.717, 1.165) is 12.1 Å². The van der Waals surface area contributed by atoms with Crippen molar-refractivity contribution < 1.29 is 23.0 Å². The second-order valence-corrected chi connectivity index (χ2v) is 4.99. The lowest BCUT2D eigenvalue weighted by Gasteiger charge is -2.08. The maximum atomic E-state index is 13.1. The molecule has 24 heavy (non-hydrogen) atoms. The molecule has 0 radical (unpaired) electrons. The van der Waals surface area contributed by atoms with Crippen LogP contribution >= 0.6 is 0 Å². The van der Waals surface area contributed by atoms with Crippen LogP contribution in [0.25, 0.3) is 5.65 Å². The normalized spacial score (nSPS) is 14.8. The van der Waals surface area contributed by atoms with E-state index >= 15 is 0 Å². The number of pyridine rings is 1. The fraction of sp³-hybridized carbons (Fsp3) is 0.0714. The second-order valence-electron chi connectivity index (χ2n) is 4.99. The molecule has 1 aliphatic rings. The van der Waals surface area contributed by atoms with E-state index in [0.29, 0.717) is 11.3 Å². The summed E-state index contributed by atoms with van der Waals surface area (Å²) < 4.78 is 36.3. The highest BCUT2D eigenvalue weighted by atomic mass is 19.3. The van der Waals surface area contributed by atoms with E-state index < -0.39 is 12.2 Å². The van der Waals surface area contributed by atoms with Crippen molar-refractivity contribution in [3.05, 3.63) is 42.4 Å². The van der Waals surface area contributed by atoms with E-state index in [1.807, 2.05) is 0 Å². The number of rotatable bonds is 2. The molecule has 0 unspecified atom stereocenters. The average molecular weight is 333 g/mol. The predicted octanol–water partition coefficient (Wildman–Crippen LogP) is 1.89. The van der Waals surface area contributed by atoms with Gasteiger partial charge >= 0.3 is 6.29 Å². The summed E-state index contributed by atoms with van der Waals surface area (Å²) in [6, 6.07) is 5.43. The van der Waals surface area contributed by atoms with Gasteiger partial charge in [0.1, 0.15) is 6.33 Å². The third kappa shape index (κ3) is 2.33. The number of nitrogens with zero attached hydrogens (tertiary/aromatic N) is 3. The van der Waals surface area contributed by atoms with Crippen LogP contribution in [0.15, 0.2) is 36.8 Å². The molecule has 3 N–H and O–H groups in total. The minimum atomic E-state index is -3.78. The van der Waals surface area contributed by atoms with Gasteiger partial charge in [-0.25, -0.2) is 9.50 Å². The smallest absolute Gasteiger partial charge is 0.398 e. The molecule has 1 aromatic carbocycles. The number of hydrogen-bond acceptors (Lipinski definition) is 6. The number of amides is 1. The summed E-state index contributed by atoms with van der Waals surface area (Å²) in [5.41, 5.74) is 6.69. The molecular formula is C14H9F2N5O3. The molecule has 0 saturated carbocycles. The first-order valence-corrected chi connectivity index (χ1v) is 6.71. The highest BCUT2D eigenvalue weighted by Crippen LogP contribution is 2.43. The number of halogens is 2. The second kappa shape index (κ2) is 4.78. The predicted molar refractivity (Wildman–Crippen MR) is 78.0 cm³/mol. The van der Waals surface area contributed by atoms with Gasteiger partial charge in [-0.2, -0.15) is 5.10 Å². The number of nitrogens with two attached hydrogens (primary N) is 1. The SMILES string of the molecule is Nc1cc2c(cc1C(=O)Nc1ccn3ncnc3c1)OC(F)(F)O2. The Labute approximate surface area is 132 Å². The Hall–Kier alpha value is -3.43. The number of fused-ring (bicyclic) bond motifs is 2. The Morgan fingerprint density at radius 1 is 1.25 bits per heavy atom. The van der Waals surface area contributed by atoms with Crippen LogP contribution in [0.1, 0.15) is 10.4 Å². The van der Waals surface area contributed by atoms with Crippen LogP contribution < -0.4 is 20.5 Å². The van der Waals surface area contributed by atoms with E-state index in [1.165, 1.54) is 10.8 Å². The van der Waals surface area contributed by atoms with Crippen LogP contribution in [0.4, 0.5) is 20.2 Å². The fourth-order valence-corrected chi connectivity index (χ4v) is 2.30. The first kappa shape index (κ1) is 14.2. The molecule has 0 bridgehead atoms. The molecule has 8 nitrogen and oxygen atoms in total. The Morgan fingerprint density at radius 3 is 2.79 bits per heavy atom. The molecule has 0 spiro atoms. The molecular weight excluding hydrogens is 324 g/mol. The van der Waals surface area contributed by atoms with Crippen LogP contribution in [0, 0.1) is 0 Å². The lowest BCUT2D eigenvalue weighted by molar-refractivity contribution is -0.286. The molecule has 3 aromatic rings. The molecule has 0 fully saturated rings.